The molecule has 4 nitrogen and oxygen atoms in total. The molecule has 0 unspecified atom stereocenters. The van der Waals surface area contributed by atoms with E-state index >= 15 is 0 Å². The number of carbonyl (C=O) groups is 2. The van der Waals surface area contributed by atoms with Crippen LogP contribution in [0.2, 0.25) is 0 Å². The molecule has 1 rings (SSSR count). The van der Waals surface area contributed by atoms with Crippen molar-refractivity contribution >= 4 is 11.8 Å². The van der Waals surface area contributed by atoms with E-state index in [1.165, 1.54) is 0 Å². The summed E-state index contributed by atoms with van der Waals surface area (Å²) >= 11 is 0. The van der Waals surface area contributed by atoms with Crippen molar-refractivity contribution in [1.82, 2.24) is 0 Å². The summed E-state index contributed by atoms with van der Waals surface area (Å²) in [5.74, 6) is -1.51. The molecule has 0 radical (unpaired) electrons. The van der Waals surface area contributed by atoms with Crippen LogP contribution in [0.1, 0.15) is 18.4 Å². The van der Waals surface area contributed by atoms with Crippen LogP contribution in [0.5, 0.6) is 0 Å². The molecule has 0 aliphatic heterocycles. The standard InChI is InChI=1S/C13H15NO3/c14-12(13(16)17)9-11(15)8-4-7-10-5-2-1-3-6-10/h1-3,5-6,9H,4,7-8,14H2,(H,16,17). The number of benzene rings is 1. The van der Waals surface area contributed by atoms with Crippen LogP contribution in [0.4, 0.5) is 0 Å². The molecule has 0 bridgehead atoms. The smallest absolute Gasteiger partial charge is 0.351 e. The van der Waals surface area contributed by atoms with Crippen molar-refractivity contribution in [2.75, 3.05) is 0 Å². The van der Waals surface area contributed by atoms with Crippen molar-refractivity contribution in [3.8, 4) is 0 Å². The fourth-order valence-electron chi connectivity index (χ4n) is 1.42. The Morgan fingerprint density at radius 2 is 1.88 bits per heavy atom. The van der Waals surface area contributed by atoms with Gasteiger partial charge in [-0.05, 0) is 18.4 Å². The molecule has 1 aromatic rings. The number of carbonyl (C=O) groups excluding carboxylic acids is 1. The Labute approximate surface area is 99.8 Å². The maximum absolute atomic E-state index is 11.3. The quantitative estimate of drug-likeness (QED) is 0.730. The molecule has 17 heavy (non-hydrogen) atoms. The van der Waals surface area contributed by atoms with E-state index in [0.717, 1.165) is 18.1 Å². The first-order chi connectivity index (χ1) is 8.09. The van der Waals surface area contributed by atoms with Gasteiger partial charge in [-0.2, -0.15) is 0 Å². The lowest BCUT2D eigenvalue weighted by Gasteiger charge is -1.99. The number of nitrogens with two attached hydrogens (primary N) is 1. The molecule has 0 spiro atoms. The monoisotopic (exact) mass is 233 g/mol. The predicted molar refractivity (Wildman–Crippen MR) is 64.3 cm³/mol. The van der Waals surface area contributed by atoms with Crippen molar-refractivity contribution < 1.29 is 14.7 Å². The lowest BCUT2D eigenvalue weighted by atomic mass is 10.1. The van der Waals surface area contributed by atoms with Crippen molar-refractivity contribution in [3.05, 3.63) is 47.7 Å². The molecule has 0 aliphatic carbocycles. The van der Waals surface area contributed by atoms with Crippen molar-refractivity contribution in [2.45, 2.75) is 19.3 Å². The van der Waals surface area contributed by atoms with Gasteiger partial charge in [0.1, 0.15) is 5.70 Å². The molecule has 0 aliphatic rings. The Balaban J connectivity index is 2.35. The fraction of sp³-hybridized carbons (Fsp3) is 0.231. The topological polar surface area (TPSA) is 80.4 Å². The second-order valence-electron chi connectivity index (χ2n) is 3.71. The van der Waals surface area contributed by atoms with Gasteiger partial charge in [-0.1, -0.05) is 30.3 Å². The van der Waals surface area contributed by atoms with Gasteiger partial charge in [0, 0.05) is 12.5 Å². The first kappa shape index (κ1) is 13.0. The summed E-state index contributed by atoms with van der Waals surface area (Å²) in [6, 6.07) is 9.81. The molecule has 0 heterocycles. The molecule has 0 fully saturated rings. The maximum atomic E-state index is 11.3. The summed E-state index contributed by atoms with van der Waals surface area (Å²) in [4.78, 5) is 21.7. The molecule has 0 saturated heterocycles. The Hall–Kier alpha value is -2.10. The molecule has 4 heteroatoms. The van der Waals surface area contributed by atoms with E-state index in [2.05, 4.69) is 0 Å². The van der Waals surface area contributed by atoms with Crippen LogP contribution in [0.15, 0.2) is 42.1 Å². The minimum atomic E-state index is -1.26. The van der Waals surface area contributed by atoms with Gasteiger partial charge in [0.15, 0.2) is 5.78 Å². The summed E-state index contributed by atoms with van der Waals surface area (Å²) < 4.78 is 0. The molecule has 0 aromatic heterocycles. The highest BCUT2D eigenvalue weighted by Crippen LogP contribution is 2.05. The normalized spacial score (nSPS) is 11.2. The van der Waals surface area contributed by atoms with Crippen LogP contribution < -0.4 is 5.73 Å². The zero-order valence-electron chi connectivity index (χ0n) is 9.43. The van der Waals surface area contributed by atoms with Crippen molar-refractivity contribution in [2.24, 2.45) is 5.73 Å². The molecule has 0 amide bonds. The number of carboxylic acids is 1. The number of aryl methyl sites for hydroxylation is 1. The average molecular weight is 233 g/mol. The number of aliphatic carboxylic acids is 1. The van der Waals surface area contributed by atoms with E-state index in [1.54, 1.807) is 0 Å². The minimum absolute atomic E-state index is 0.249. The van der Waals surface area contributed by atoms with Crippen LogP contribution in [0.25, 0.3) is 0 Å². The largest absolute Gasteiger partial charge is 0.477 e. The van der Waals surface area contributed by atoms with Crippen molar-refractivity contribution in [3.63, 3.8) is 0 Å². The Morgan fingerprint density at radius 3 is 2.47 bits per heavy atom. The number of allylic oxidation sites excluding steroid dienone is 1. The van der Waals surface area contributed by atoms with Crippen LogP contribution in [0.3, 0.4) is 0 Å². The van der Waals surface area contributed by atoms with Gasteiger partial charge in [0.05, 0.1) is 0 Å². The van der Waals surface area contributed by atoms with E-state index in [9.17, 15) is 9.59 Å². The molecule has 3 N–H and O–H groups in total. The van der Waals surface area contributed by atoms with Gasteiger partial charge in [0.25, 0.3) is 0 Å². The van der Waals surface area contributed by atoms with Gasteiger partial charge < -0.3 is 10.8 Å². The summed E-state index contributed by atoms with van der Waals surface area (Å²) in [5.41, 5.74) is 5.90. The molecule has 90 valence electrons. The van der Waals surface area contributed by atoms with E-state index in [4.69, 9.17) is 10.8 Å². The van der Waals surface area contributed by atoms with Gasteiger partial charge in [-0.25, -0.2) is 4.79 Å². The number of ketones is 1. The third kappa shape index (κ3) is 4.97. The Bertz CT molecular complexity index is 424. The lowest BCUT2D eigenvalue weighted by molar-refractivity contribution is -0.133. The van der Waals surface area contributed by atoms with Gasteiger partial charge in [-0.3, -0.25) is 4.79 Å². The lowest BCUT2D eigenvalue weighted by Crippen LogP contribution is -2.12. The Kier molecular flexibility index (Phi) is 4.94. The third-order valence-corrected chi connectivity index (χ3v) is 2.29. The van der Waals surface area contributed by atoms with Gasteiger partial charge >= 0.3 is 5.97 Å². The number of hydrogen-bond donors (Lipinski definition) is 2. The van der Waals surface area contributed by atoms with Crippen LogP contribution in [0, 0.1) is 0 Å². The van der Waals surface area contributed by atoms with E-state index in [0.29, 0.717) is 12.8 Å². The summed E-state index contributed by atoms with van der Waals surface area (Å²) in [7, 11) is 0. The summed E-state index contributed by atoms with van der Waals surface area (Å²) in [6.45, 7) is 0. The first-order valence-electron chi connectivity index (χ1n) is 5.37. The number of carboxylic acid groups (broad SMARTS) is 1. The summed E-state index contributed by atoms with van der Waals surface area (Å²) in [6.07, 6.45) is 2.77. The second kappa shape index (κ2) is 6.48. The SMILES string of the molecule is NC(=CC(=O)CCCc1ccccc1)C(=O)O. The van der Waals surface area contributed by atoms with E-state index in [1.807, 2.05) is 30.3 Å². The maximum Gasteiger partial charge on any atom is 0.351 e. The molecule has 1 aromatic carbocycles. The molecule has 0 saturated carbocycles. The highest BCUT2D eigenvalue weighted by atomic mass is 16.4. The second-order valence-corrected chi connectivity index (χ2v) is 3.71. The summed E-state index contributed by atoms with van der Waals surface area (Å²) in [5, 5.41) is 8.49. The highest BCUT2D eigenvalue weighted by Gasteiger charge is 2.05. The zero-order chi connectivity index (χ0) is 12.7. The van der Waals surface area contributed by atoms with Crippen LogP contribution in [-0.4, -0.2) is 16.9 Å². The first-order valence-corrected chi connectivity index (χ1v) is 5.37. The third-order valence-electron chi connectivity index (χ3n) is 2.29. The molecular weight excluding hydrogens is 218 g/mol. The number of hydrogen-bond acceptors (Lipinski definition) is 3. The van der Waals surface area contributed by atoms with Crippen LogP contribution >= 0.6 is 0 Å². The number of rotatable bonds is 6. The average Bonchev–Trinajstić information content (AvgIpc) is 2.30. The fourth-order valence-corrected chi connectivity index (χ4v) is 1.42. The molecular formula is C13H15NO3. The van der Waals surface area contributed by atoms with E-state index in [-0.39, 0.29) is 5.78 Å². The predicted octanol–water partition coefficient (Wildman–Crippen LogP) is 1.51. The van der Waals surface area contributed by atoms with Crippen LogP contribution in [-0.2, 0) is 16.0 Å². The molecule has 0 atom stereocenters. The zero-order valence-corrected chi connectivity index (χ0v) is 9.43. The van der Waals surface area contributed by atoms with Gasteiger partial charge in [0.2, 0.25) is 0 Å². The minimum Gasteiger partial charge on any atom is -0.477 e. The Morgan fingerprint density at radius 1 is 1.24 bits per heavy atom. The highest BCUT2D eigenvalue weighted by molar-refractivity contribution is 5.98. The van der Waals surface area contributed by atoms with Crippen molar-refractivity contribution in [1.29, 1.82) is 0 Å². The van der Waals surface area contributed by atoms with Gasteiger partial charge in [-0.15, -0.1) is 0 Å². The van der Waals surface area contributed by atoms with E-state index < -0.39 is 11.7 Å².